The Morgan fingerprint density at radius 3 is 2.64 bits per heavy atom. The SMILES string of the molecule is CCC(NS(=O)(=O)c1ccc(C)c(N(C)C)c1)c1nccs1. The molecule has 1 aromatic carbocycles. The second-order valence-corrected chi connectivity index (χ2v) is 7.94. The van der Waals surface area contributed by atoms with E-state index in [9.17, 15) is 8.42 Å². The maximum Gasteiger partial charge on any atom is 0.241 e. The van der Waals surface area contributed by atoms with Gasteiger partial charge in [0.2, 0.25) is 10.0 Å². The van der Waals surface area contributed by atoms with Gasteiger partial charge in [0.05, 0.1) is 10.9 Å². The molecule has 22 heavy (non-hydrogen) atoms. The van der Waals surface area contributed by atoms with Gasteiger partial charge in [-0.25, -0.2) is 18.1 Å². The molecular formula is C15H21N3O2S2. The number of benzene rings is 1. The number of anilines is 1. The van der Waals surface area contributed by atoms with E-state index in [1.807, 2.05) is 44.3 Å². The maximum atomic E-state index is 12.6. The van der Waals surface area contributed by atoms with Crippen LogP contribution in [0.5, 0.6) is 0 Å². The Hall–Kier alpha value is -1.44. The molecule has 1 N–H and O–H groups in total. The van der Waals surface area contributed by atoms with Crippen LogP contribution in [0.4, 0.5) is 5.69 Å². The molecule has 1 heterocycles. The van der Waals surface area contributed by atoms with Crippen LogP contribution in [0.2, 0.25) is 0 Å². The fraction of sp³-hybridized carbons (Fsp3) is 0.400. The first-order chi connectivity index (χ1) is 10.3. The lowest BCUT2D eigenvalue weighted by Crippen LogP contribution is -2.28. The Morgan fingerprint density at radius 2 is 2.09 bits per heavy atom. The fourth-order valence-corrected chi connectivity index (χ4v) is 4.36. The summed E-state index contributed by atoms with van der Waals surface area (Å²) in [7, 11) is 0.218. The maximum absolute atomic E-state index is 12.6. The molecule has 0 amide bonds. The van der Waals surface area contributed by atoms with Crippen molar-refractivity contribution in [3.05, 3.63) is 40.3 Å². The van der Waals surface area contributed by atoms with Crippen LogP contribution < -0.4 is 9.62 Å². The molecule has 0 bridgehead atoms. The molecule has 2 aromatic rings. The van der Waals surface area contributed by atoms with Crippen LogP contribution in [-0.4, -0.2) is 27.5 Å². The summed E-state index contributed by atoms with van der Waals surface area (Å²) in [4.78, 5) is 6.39. The summed E-state index contributed by atoms with van der Waals surface area (Å²) in [6.07, 6.45) is 2.34. The van der Waals surface area contributed by atoms with Crippen molar-refractivity contribution in [3.63, 3.8) is 0 Å². The minimum atomic E-state index is -3.58. The number of hydrogen-bond acceptors (Lipinski definition) is 5. The Labute approximate surface area is 136 Å². The molecule has 0 radical (unpaired) electrons. The van der Waals surface area contributed by atoms with Gasteiger partial charge in [-0.3, -0.25) is 0 Å². The molecule has 0 fully saturated rings. The molecule has 0 saturated carbocycles. The van der Waals surface area contributed by atoms with Crippen molar-refractivity contribution in [3.8, 4) is 0 Å². The molecule has 1 atom stereocenters. The quantitative estimate of drug-likeness (QED) is 0.879. The molecule has 0 aliphatic heterocycles. The first kappa shape index (κ1) is 16.9. The number of rotatable bonds is 6. The van der Waals surface area contributed by atoms with E-state index in [0.717, 1.165) is 16.3 Å². The summed E-state index contributed by atoms with van der Waals surface area (Å²) < 4.78 is 28.0. The summed E-state index contributed by atoms with van der Waals surface area (Å²) in [5.41, 5.74) is 1.93. The average molecular weight is 339 g/mol. The summed E-state index contributed by atoms with van der Waals surface area (Å²) in [5, 5.41) is 2.63. The van der Waals surface area contributed by atoms with Crippen molar-refractivity contribution in [1.82, 2.24) is 9.71 Å². The summed E-state index contributed by atoms with van der Waals surface area (Å²) in [6.45, 7) is 3.90. The van der Waals surface area contributed by atoms with Crippen molar-refractivity contribution in [2.24, 2.45) is 0 Å². The van der Waals surface area contributed by atoms with E-state index in [-0.39, 0.29) is 10.9 Å². The molecular weight excluding hydrogens is 318 g/mol. The third-order valence-corrected chi connectivity index (χ3v) is 5.79. The highest BCUT2D eigenvalue weighted by Crippen LogP contribution is 2.25. The number of thiazole rings is 1. The van der Waals surface area contributed by atoms with Gasteiger partial charge < -0.3 is 4.90 Å². The second kappa shape index (κ2) is 6.76. The molecule has 7 heteroatoms. The molecule has 2 rings (SSSR count). The van der Waals surface area contributed by atoms with E-state index in [2.05, 4.69) is 9.71 Å². The highest BCUT2D eigenvalue weighted by molar-refractivity contribution is 7.89. The summed E-state index contributed by atoms with van der Waals surface area (Å²) >= 11 is 1.46. The van der Waals surface area contributed by atoms with E-state index >= 15 is 0 Å². The third-order valence-electron chi connectivity index (χ3n) is 3.43. The zero-order valence-corrected chi connectivity index (χ0v) is 14.8. The van der Waals surface area contributed by atoms with Crippen LogP contribution in [0.25, 0.3) is 0 Å². The van der Waals surface area contributed by atoms with Gasteiger partial charge in [-0.1, -0.05) is 13.0 Å². The minimum Gasteiger partial charge on any atom is -0.377 e. The van der Waals surface area contributed by atoms with E-state index in [1.54, 1.807) is 18.3 Å². The molecule has 5 nitrogen and oxygen atoms in total. The van der Waals surface area contributed by atoms with Gasteiger partial charge in [0, 0.05) is 31.4 Å². The van der Waals surface area contributed by atoms with Crippen LogP contribution in [0, 0.1) is 6.92 Å². The van der Waals surface area contributed by atoms with Crippen LogP contribution >= 0.6 is 11.3 Å². The van der Waals surface area contributed by atoms with E-state index in [1.165, 1.54) is 11.3 Å². The lowest BCUT2D eigenvalue weighted by atomic mass is 10.2. The predicted octanol–water partition coefficient (Wildman–Crippen LogP) is 2.95. The second-order valence-electron chi connectivity index (χ2n) is 5.30. The molecule has 0 aliphatic carbocycles. The van der Waals surface area contributed by atoms with Crippen LogP contribution in [0.1, 0.15) is 30.0 Å². The minimum absolute atomic E-state index is 0.275. The van der Waals surface area contributed by atoms with Gasteiger partial charge in [0.25, 0.3) is 0 Å². The van der Waals surface area contributed by atoms with Gasteiger partial charge in [-0.2, -0.15) is 0 Å². The summed E-state index contributed by atoms with van der Waals surface area (Å²) in [6, 6.07) is 4.87. The van der Waals surface area contributed by atoms with E-state index in [0.29, 0.717) is 6.42 Å². The lowest BCUT2D eigenvalue weighted by molar-refractivity contribution is 0.549. The first-order valence-electron chi connectivity index (χ1n) is 7.05. The Kier molecular flexibility index (Phi) is 5.20. The average Bonchev–Trinajstić information content (AvgIpc) is 2.98. The zero-order valence-electron chi connectivity index (χ0n) is 13.2. The Morgan fingerprint density at radius 1 is 1.36 bits per heavy atom. The molecule has 120 valence electrons. The smallest absolute Gasteiger partial charge is 0.241 e. The fourth-order valence-electron chi connectivity index (χ4n) is 2.21. The Balaban J connectivity index is 2.32. The van der Waals surface area contributed by atoms with Gasteiger partial charge in [0.15, 0.2) is 0 Å². The van der Waals surface area contributed by atoms with Crippen LogP contribution in [-0.2, 0) is 10.0 Å². The number of nitrogens with one attached hydrogen (secondary N) is 1. The molecule has 0 aliphatic rings. The number of hydrogen-bond donors (Lipinski definition) is 1. The summed E-state index contributed by atoms with van der Waals surface area (Å²) in [5.74, 6) is 0. The topological polar surface area (TPSA) is 62.3 Å². The van der Waals surface area contributed by atoms with Gasteiger partial charge in [-0.15, -0.1) is 11.3 Å². The molecule has 1 unspecified atom stereocenters. The highest BCUT2D eigenvalue weighted by atomic mass is 32.2. The molecule has 0 saturated heterocycles. The highest BCUT2D eigenvalue weighted by Gasteiger charge is 2.22. The standard InChI is InChI=1S/C15H21N3O2S2/c1-5-13(15-16-8-9-21-15)17-22(19,20)12-7-6-11(2)14(10-12)18(3)4/h6-10,13,17H,5H2,1-4H3. The van der Waals surface area contributed by atoms with Gasteiger partial charge in [-0.05, 0) is 31.0 Å². The van der Waals surface area contributed by atoms with Crippen LogP contribution in [0.3, 0.4) is 0 Å². The van der Waals surface area contributed by atoms with Crippen molar-refractivity contribution in [1.29, 1.82) is 0 Å². The molecule has 0 spiro atoms. The largest absolute Gasteiger partial charge is 0.377 e. The van der Waals surface area contributed by atoms with E-state index < -0.39 is 10.0 Å². The van der Waals surface area contributed by atoms with Crippen molar-refractivity contribution in [2.75, 3.05) is 19.0 Å². The number of sulfonamides is 1. The normalized spacial score (nSPS) is 13.1. The van der Waals surface area contributed by atoms with Crippen molar-refractivity contribution in [2.45, 2.75) is 31.2 Å². The predicted molar refractivity (Wildman–Crippen MR) is 91.0 cm³/mol. The van der Waals surface area contributed by atoms with Crippen molar-refractivity contribution >= 4 is 27.0 Å². The van der Waals surface area contributed by atoms with Crippen molar-refractivity contribution < 1.29 is 8.42 Å². The van der Waals surface area contributed by atoms with Gasteiger partial charge >= 0.3 is 0 Å². The molecule has 1 aromatic heterocycles. The third kappa shape index (κ3) is 3.66. The number of aromatic nitrogens is 1. The number of aryl methyl sites for hydroxylation is 1. The zero-order chi connectivity index (χ0) is 16.3. The van der Waals surface area contributed by atoms with E-state index in [4.69, 9.17) is 0 Å². The monoisotopic (exact) mass is 339 g/mol. The number of nitrogens with zero attached hydrogens (tertiary/aromatic N) is 2. The van der Waals surface area contributed by atoms with Crippen LogP contribution in [0.15, 0.2) is 34.7 Å². The Bertz CT molecular complexity index is 725. The lowest BCUT2D eigenvalue weighted by Gasteiger charge is -2.19. The van der Waals surface area contributed by atoms with Gasteiger partial charge in [0.1, 0.15) is 5.01 Å². The first-order valence-corrected chi connectivity index (χ1v) is 9.41.